The lowest BCUT2D eigenvalue weighted by Crippen LogP contribution is -2.49. The molecule has 2 heterocycles. The van der Waals surface area contributed by atoms with Crippen LogP contribution in [0.3, 0.4) is 0 Å². The maximum absolute atomic E-state index is 13.1. The fraction of sp³-hybridized carbons (Fsp3) is 0.542. The monoisotopic (exact) mass is 544 g/mol. The molecule has 0 radical (unpaired) electrons. The highest BCUT2D eigenvalue weighted by Gasteiger charge is 2.29. The van der Waals surface area contributed by atoms with Gasteiger partial charge in [-0.2, -0.15) is 8.78 Å². The molecule has 1 saturated heterocycles. The normalized spacial score (nSPS) is 18.1. The molecule has 204 valence electrons. The number of methoxy groups -OCH3 is 1. The van der Waals surface area contributed by atoms with E-state index in [1.54, 1.807) is 6.92 Å². The summed E-state index contributed by atoms with van der Waals surface area (Å²) < 4.78 is 46.6. The lowest BCUT2D eigenvalue weighted by Gasteiger charge is -2.31. The Balaban J connectivity index is 0.00000380. The number of alkyl halides is 2. The molecule has 1 saturated carbocycles. The van der Waals surface area contributed by atoms with E-state index >= 15 is 0 Å². The Kier molecular flexibility index (Phi) is 9.55. The molecule has 0 spiro atoms. The molecule has 1 aromatic heterocycles. The van der Waals surface area contributed by atoms with Gasteiger partial charge < -0.3 is 34.6 Å². The summed E-state index contributed by atoms with van der Waals surface area (Å²) in [6.45, 7) is -0.101. The van der Waals surface area contributed by atoms with Gasteiger partial charge in [0.15, 0.2) is 23.0 Å². The van der Waals surface area contributed by atoms with Crippen molar-refractivity contribution in [3.05, 3.63) is 29.7 Å². The minimum atomic E-state index is -3.00. The first kappa shape index (κ1) is 28.5. The van der Waals surface area contributed by atoms with Gasteiger partial charge in [-0.05, 0) is 56.7 Å². The third-order valence-electron chi connectivity index (χ3n) is 6.05. The van der Waals surface area contributed by atoms with Crippen LogP contribution >= 0.6 is 12.4 Å². The van der Waals surface area contributed by atoms with Gasteiger partial charge in [0, 0.05) is 24.7 Å². The van der Waals surface area contributed by atoms with Crippen molar-refractivity contribution >= 4 is 24.4 Å². The van der Waals surface area contributed by atoms with Gasteiger partial charge in [0.25, 0.3) is 5.91 Å². The lowest BCUT2D eigenvalue weighted by molar-refractivity contribution is -0.0515. The minimum absolute atomic E-state index is 0. The van der Waals surface area contributed by atoms with E-state index in [-0.39, 0.29) is 47.3 Å². The Morgan fingerprint density at radius 1 is 1.27 bits per heavy atom. The van der Waals surface area contributed by atoms with Gasteiger partial charge in [-0.3, -0.25) is 4.79 Å². The predicted octanol–water partition coefficient (Wildman–Crippen LogP) is 4.13. The van der Waals surface area contributed by atoms with Crippen molar-refractivity contribution in [2.45, 2.75) is 51.3 Å². The van der Waals surface area contributed by atoms with Crippen molar-refractivity contribution in [3.63, 3.8) is 0 Å². The van der Waals surface area contributed by atoms with Gasteiger partial charge in [0.2, 0.25) is 5.89 Å². The summed E-state index contributed by atoms with van der Waals surface area (Å²) >= 11 is 0. The van der Waals surface area contributed by atoms with Crippen LogP contribution in [0.5, 0.6) is 11.5 Å². The lowest BCUT2D eigenvalue weighted by atomic mass is 10.1. The van der Waals surface area contributed by atoms with Crippen molar-refractivity contribution < 1.29 is 37.0 Å². The summed E-state index contributed by atoms with van der Waals surface area (Å²) in [4.78, 5) is 30.9. The number of hydrogen-bond donors (Lipinski definition) is 2. The molecule has 37 heavy (non-hydrogen) atoms. The van der Waals surface area contributed by atoms with Gasteiger partial charge in [-0.1, -0.05) is 0 Å². The zero-order valence-corrected chi connectivity index (χ0v) is 21.4. The third-order valence-corrected chi connectivity index (χ3v) is 6.05. The SMILES string of the molecule is COC(=O)N1CCCC(NC(=O)c2nc(-c3ccc(OC(F)F)c(OCC4CC4)c3)oc2C(C)N)C1.Cl. The van der Waals surface area contributed by atoms with Crippen LogP contribution in [0, 0.1) is 5.92 Å². The number of piperidine rings is 1. The van der Waals surface area contributed by atoms with E-state index in [2.05, 4.69) is 15.0 Å². The van der Waals surface area contributed by atoms with E-state index in [0.29, 0.717) is 44.0 Å². The topological polar surface area (TPSA) is 129 Å². The number of nitrogens with two attached hydrogens (primary N) is 1. The Morgan fingerprint density at radius 3 is 2.68 bits per heavy atom. The Bertz CT molecular complexity index is 1100. The molecule has 2 amide bonds. The fourth-order valence-electron chi connectivity index (χ4n) is 4.01. The number of hydrogen-bond acceptors (Lipinski definition) is 8. The molecule has 13 heteroatoms. The number of benzene rings is 1. The number of ether oxygens (including phenoxy) is 3. The van der Waals surface area contributed by atoms with Crippen LogP contribution in [-0.4, -0.2) is 61.3 Å². The van der Waals surface area contributed by atoms with E-state index < -0.39 is 24.7 Å². The maximum Gasteiger partial charge on any atom is 0.409 e. The molecule has 4 rings (SSSR count). The summed E-state index contributed by atoms with van der Waals surface area (Å²) in [6.07, 6.45) is 3.00. The summed E-state index contributed by atoms with van der Waals surface area (Å²) in [6, 6.07) is 3.41. The molecule has 2 fully saturated rings. The predicted molar refractivity (Wildman–Crippen MR) is 131 cm³/mol. The van der Waals surface area contributed by atoms with Gasteiger partial charge in [0.05, 0.1) is 19.8 Å². The molecule has 3 N–H and O–H groups in total. The molecular weight excluding hydrogens is 514 g/mol. The number of rotatable bonds is 9. The van der Waals surface area contributed by atoms with Crippen molar-refractivity contribution in [2.24, 2.45) is 11.7 Å². The zero-order valence-electron chi connectivity index (χ0n) is 20.6. The zero-order chi connectivity index (χ0) is 25.8. The Labute approximate surface area is 219 Å². The van der Waals surface area contributed by atoms with Crippen LogP contribution in [-0.2, 0) is 4.74 Å². The first-order valence-electron chi connectivity index (χ1n) is 11.9. The van der Waals surface area contributed by atoms with Crippen LogP contribution in [0.15, 0.2) is 22.6 Å². The molecule has 2 aliphatic rings. The molecular formula is C24H31ClF2N4O6. The third kappa shape index (κ3) is 7.22. The van der Waals surface area contributed by atoms with Gasteiger partial charge in [-0.25, -0.2) is 9.78 Å². The second-order valence-corrected chi connectivity index (χ2v) is 9.04. The summed E-state index contributed by atoms with van der Waals surface area (Å²) in [5.41, 5.74) is 6.47. The number of halogens is 3. The second kappa shape index (κ2) is 12.4. The highest BCUT2D eigenvalue weighted by molar-refractivity contribution is 5.94. The van der Waals surface area contributed by atoms with Crippen molar-refractivity contribution in [3.8, 4) is 23.0 Å². The van der Waals surface area contributed by atoms with E-state index in [4.69, 9.17) is 19.6 Å². The average molecular weight is 545 g/mol. The smallest absolute Gasteiger partial charge is 0.409 e. The quantitative estimate of drug-likeness (QED) is 0.482. The Hall–Kier alpha value is -3.12. The van der Waals surface area contributed by atoms with Gasteiger partial charge >= 0.3 is 12.7 Å². The molecule has 0 bridgehead atoms. The number of likely N-dealkylation sites (tertiary alicyclic amines) is 1. The van der Waals surface area contributed by atoms with Crippen LogP contribution in [0.2, 0.25) is 0 Å². The van der Waals surface area contributed by atoms with Crippen molar-refractivity contribution in [1.29, 1.82) is 0 Å². The maximum atomic E-state index is 13.1. The molecule has 1 aliphatic carbocycles. The van der Waals surface area contributed by atoms with E-state index in [0.717, 1.165) is 12.8 Å². The molecule has 2 unspecified atom stereocenters. The van der Waals surface area contributed by atoms with Gasteiger partial charge in [0.1, 0.15) is 0 Å². The summed E-state index contributed by atoms with van der Waals surface area (Å²) in [5.74, 6) is 0.209. The highest BCUT2D eigenvalue weighted by Crippen LogP contribution is 2.37. The summed E-state index contributed by atoms with van der Waals surface area (Å²) in [7, 11) is 1.31. The minimum Gasteiger partial charge on any atom is -0.489 e. The number of amides is 2. The average Bonchev–Trinajstić information content (AvgIpc) is 3.57. The number of carbonyl (C=O) groups excluding carboxylic acids is 2. The molecule has 2 aromatic rings. The first-order chi connectivity index (χ1) is 17.2. The van der Waals surface area contributed by atoms with E-state index in [1.807, 2.05) is 0 Å². The summed E-state index contributed by atoms with van der Waals surface area (Å²) in [5, 5.41) is 2.89. The number of nitrogens with zero attached hydrogens (tertiary/aromatic N) is 2. The van der Waals surface area contributed by atoms with Crippen molar-refractivity contribution in [1.82, 2.24) is 15.2 Å². The molecule has 10 nitrogen and oxygen atoms in total. The number of oxazole rings is 1. The first-order valence-corrected chi connectivity index (χ1v) is 11.9. The largest absolute Gasteiger partial charge is 0.489 e. The number of aromatic nitrogens is 1. The second-order valence-electron chi connectivity index (χ2n) is 9.04. The fourth-order valence-corrected chi connectivity index (χ4v) is 4.01. The highest BCUT2D eigenvalue weighted by atomic mass is 35.5. The van der Waals surface area contributed by atoms with E-state index in [1.165, 1.54) is 30.2 Å². The van der Waals surface area contributed by atoms with E-state index in [9.17, 15) is 18.4 Å². The van der Waals surface area contributed by atoms with Crippen molar-refractivity contribution in [2.75, 3.05) is 26.8 Å². The Morgan fingerprint density at radius 2 is 2.03 bits per heavy atom. The molecule has 2 atom stereocenters. The van der Waals surface area contributed by atoms with Crippen LogP contribution in [0.1, 0.15) is 54.9 Å². The van der Waals surface area contributed by atoms with Crippen LogP contribution in [0.4, 0.5) is 13.6 Å². The molecule has 1 aliphatic heterocycles. The van der Waals surface area contributed by atoms with Crippen LogP contribution in [0.25, 0.3) is 11.5 Å². The number of nitrogens with one attached hydrogen (secondary N) is 1. The number of carbonyl (C=O) groups is 2. The molecule has 1 aromatic carbocycles. The standard InChI is InChI=1S/C24H30F2N4O6.ClH/c1-13(27)20-19(21(31)28-16-4-3-9-30(11-16)24(32)33-2)29-22(36-20)15-7-8-17(35-23(25)26)18(10-15)34-12-14-5-6-14;/h7-8,10,13-14,16,23H,3-6,9,11-12,27H2,1-2H3,(H,28,31);1H. The van der Waals surface area contributed by atoms with Gasteiger partial charge in [-0.15, -0.1) is 12.4 Å². The van der Waals surface area contributed by atoms with Crippen LogP contribution < -0.4 is 20.5 Å².